The van der Waals surface area contributed by atoms with Crippen LogP contribution in [0.15, 0.2) is 54.6 Å². The van der Waals surface area contributed by atoms with E-state index in [1.165, 1.54) is 0 Å². The normalized spacial score (nSPS) is 12.9. The molecule has 3 rings (SSSR count). The van der Waals surface area contributed by atoms with E-state index < -0.39 is 40.6 Å². The number of carboxylic acid groups (broad SMARTS) is 1. The van der Waals surface area contributed by atoms with E-state index in [9.17, 15) is 24.3 Å². The third kappa shape index (κ3) is 6.18. The van der Waals surface area contributed by atoms with Crippen molar-refractivity contribution in [2.45, 2.75) is 58.6 Å². The molecule has 0 saturated heterocycles. The van der Waals surface area contributed by atoms with E-state index >= 15 is 4.57 Å². The minimum atomic E-state index is -5.06. The monoisotopic (exact) mass is 626 g/mol. The zero-order valence-corrected chi connectivity index (χ0v) is 25.8. The summed E-state index contributed by atoms with van der Waals surface area (Å²) in [5.74, 6) is -2.78. The number of carbonyl (C=O) groups excluding carboxylic acids is 3. The molecule has 40 heavy (non-hydrogen) atoms. The lowest BCUT2D eigenvalue weighted by Crippen LogP contribution is -2.41. The van der Waals surface area contributed by atoms with E-state index in [0.29, 0.717) is 27.8 Å². The van der Waals surface area contributed by atoms with Crippen LogP contribution in [0.1, 0.15) is 59.7 Å². The highest BCUT2D eigenvalue weighted by Gasteiger charge is 2.57. The summed E-state index contributed by atoms with van der Waals surface area (Å²) in [6.45, 7) is 10.0. The van der Waals surface area contributed by atoms with Crippen LogP contribution in [0.25, 0.3) is 0 Å². The van der Waals surface area contributed by atoms with E-state index in [4.69, 9.17) is 4.74 Å². The Labute approximate surface area is 242 Å². The van der Waals surface area contributed by atoms with Crippen molar-refractivity contribution in [3.8, 4) is 0 Å². The lowest BCUT2D eigenvalue weighted by atomic mass is 10.0. The van der Waals surface area contributed by atoms with Gasteiger partial charge in [0.05, 0.1) is 0 Å². The summed E-state index contributed by atoms with van der Waals surface area (Å²) >= 11 is 2.97. The highest BCUT2D eigenvalue weighted by Crippen LogP contribution is 2.60. The number of halogens is 1. The van der Waals surface area contributed by atoms with Gasteiger partial charge in [-0.15, -0.1) is 0 Å². The first kappa shape index (κ1) is 31.2. The fraction of sp³-hybridized carbons (Fsp3) is 0.290. The topological polar surface area (TPSA) is 115 Å². The van der Waals surface area contributed by atoms with Gasteiger partial charge in [-0.25, -0.2) is 0 Å². The standard InChI is InChI=1S/C31H32BrO7P/c1-17-12-19(3)24(20(4)13-17)30(36)40(38,31(37)25-21(5)14-18(2)15-22(25)6)27(26(32)28(33)34)29(35)39-16-23-10-8-7-9-11-23/h7-15,26-27H,16H2,1-6H3,(H,33,34). The summed E-state index contributed by atoms with van der Waals surface area (Å²) in [6, 6.07) is 15.5. The van der Waals surface area contributed by atoms with Crippen molar-refractivity contribution in [1.29, 1.82) is 0 Å². The number of aryl methyl sites for hydroxylation is 6. The van der Waals surface area contributed by atoms with Crippen LogP contribution in [0, 0.1) is 41.5 Å². The molecule has 0 aliphatic heterocycles. The number of carboxylic acids is 1. The molecule has 2 unspecified atom stereocenters. The molecule has 0 aliphatic carbocycles. The van der Waals surface area contributed by atoms with Crippen LogP contribution >= 0.6 is 23.1 Å². The fourth-order valence-corrected chi connectivity index (χ4v) is 9.25. The Balaban J connectivity index is 2.30. The molecule has 0 amide bonds. The van der Waals surface area contributed by atoms with E-state index in [1.54, 1.807) is 82.3 Å². The molecule has 0 spiro atoms. The molecule has 3 aromatic carbocycles. The smallest absolute Gasteiger partial charge is 0.319 e. The Morgan fingerprint density at radius 3 is 1.55 bits per heavy atom. The summed E-state index contributed by atoms with van der Waals surface area (Å²) in [5.41, 5.74) is -0.0631. The molecule has 0 bridgehead atoms. The summed E-state index contributed by atoms with van der Waals surface area (Å²) < 4.78 is 20.6. The number of alkyl halides is 1. The average molecular weight is 627 g/mol. The van der Waals surface area contributed by atoms with Crippen LogP contribution < -0.4 is 0 Å². The molecule has 0 heterocycles. The zero-order valence-electron chi connectivity index (χ0n) is 23.3. The zero-order chi connectivity index (χ0) is 29.9. The summed E-state index contributed by atoms with van der Waals surface area (Å²) in [6.07, 6.45) is 0. The lowest BCUT2D eigenvalue weighted by molar-refractivity contribution is -0.147. The Hall–Kier alpha value is -3.35. The molecule has 0 radical (unpaired) electrons. The molecule has 2 atom stereocenters. The van der Waals surface area contributed by atoms with Gasteiger partial charge in [-0.05, 0) is 69.4 Å². The predicted octanol–water partition coefficient (Wildman–Crippen LogP) is 6.84. The minimum absolute atomic E-state index is 0.0237. The van der Waals surface area contributed by atoms with Gasteiger partial charge < -0.3 is 14.4 Å². The van der Waals surface area contributed by atoms with Crippen LogP contribution in [0.2, 0.25) is 0 Å². The van der Waals surface area contributed by atoms with Crippen LogP contribution in [0.5, 0.6) is 0 Å². The molecule has 0 aromatic heterocycles. The Morgan fingerprint density at radius 2 is 1.18 bits per heavy atom. The second-order valence-electron chi connectivity index (χ2n) is 10.1. The maximum atomic E-state index is 15.2. The third-order valence-corrected chi connectivity index (χ3v) is 11.0. The molecular weight excluding hydrogens is 595 g/mol. The van der Waals surface area contributed by atoms with Crippen molar-refractivity contribution in [3.05, 3.63) is 105 Å². The maximum absolute atomic E-state index is 15.2. The van der Waals surface area contributed by atoms with Crippen LogP contribution in [0.4, 0.5) is 0 Å². The van der Waals surface area contributed by atoms with Crippen molar-refractivity contribution in [2.24, 2.45) is 0 Å². The highest BCUT2D eigenvalue weighted by atomic mass is 79.9. The minimum Gasteiger partial charge on any atom is -0.480 e. The van der Waals surface area contributed by atoms with Crippen molar-refractivity contribution >= 4 is 46.1 Å². The van der Waals surface area contributed by atoms with Crippen molar-refractivity contribution < 1.29 is 33.6 Å². The second-order valence-corrected chi connectivity index (χ2v) is 13.8. The van der Waals surface area contributed by atoms with Crippen LogP contribution in [-0.2, 0) is 25.5 Å². The SMILES string of the molecule is Cc1cc(C)c(C(=O)P(=O)(C(=O)c2c(C)cc(C)cc2C)C(C(=O)OCc2ccccc2)C(Br)C(=O)O)c(C)c1. The second kappa shape index (κ2) is 12.4. The Morgan fingerprint density at radius 1 is 0.775 bits per heavy atom. The van der Waals surface area contributed by atoms with Gasteiger partial charge in [0.1, 0.15) is 17.1 Å². The van der Waals surface area contributed by atoms with Gasteiger partial charge in [0.15, 0.2) is 0 Å². The summed E-state index contributed by atoms with van der Waals surface area (Å²) in [4.78, 5) is 52.8. The van der Waals surface area contributed by atoms with Crippen molar-refractivity contribution in [1.82, 2.24) is 0 Å². The van der Waals surface area contributed by atoms with Crippen molar-refractivity contribution in [3.63, 3.8) is 0 Å². The first-order valence-electron chi connectivity index (χ1n) is 12.6. The molecule has 0 fully saturated rings. The molecule has 9 heteroatoms. The van der Waals surface area contributed by atoms with Gasteiger partial charge in [0, 0.05) is 11.1 Å². The summed E-state index contributed by atoms with van der Waals surface area (Å²) in [5, 5.41) is 9.95. The third-order valence-electron chi connectivity index (χ3n) is 6.76. The largest absolute Gasteiger partial charge is 0.480 e. The van der Waals surface area contributed by atoms with E-state index in [2.05, 4.69) is 15.9 Å². The Kier molecular flexibility index (Phi) is 9.70. The van der Waals surface area contributed by atoms with E-state index in [1.807, 2.05) is 13.8 Å². The average Bonchev–Trinajstić information content (AvgIpc) is 2.86. The van der Waals surface area contributed by atoms with E-state index in [0.717, 1.165) is 11.1 Å². The van der Waals surface area contributed by atoms with Gasteiger partial charge in [0.25, 0.3) is 0 Å². The highest BCUT2D eigenvalue weighted by molar-refractivity contribution is 9.10. The van der Waals surface area contributed by atoms with Gasteiger partial charge in [0.2, 0.25) is 18.2 Å². The fourth-order valence-electron chi connectivity index (χ4n) is 5.11. The van der Waals surface area contributed by atoms with Crippen LogP contribution in [0.3, 0.4) is 0 Å². The quantitative estimate of drug-likeness (QED) is 0.149. The molecule has 0 aliphatic rings. The molecule has 3 aromatic rings. The Bertz CT molecular complexity index is 1420. The number of esters is 1. The van der Waals surface area contributed by atoms with E-state index in [-0.39, 0.29) is 17.7 Å². The number of ether oxygens (including phenoxy) is 1. The molecule has 1 N–H and O–H groups in total. The maximum Gasteiger partial charge on any atom is 0.319 e. The molecule has 0 saturated carbocycles. The lowest BCUT2D eigenvalue weighted by Gasteiger charge is -2.28. The number of rotatable bonds is 10. The molecule has 7 nitrogen and oxygen atoms in total. The first-order chi connectivity index (χ1) is 18.7. The molecular formula is C31H32BrO7P. The predicted molar refractivity (Wildman–Crippen MR) is 158 cm³/mol. The number of aliphatic carboxylic acids is 1. The number of carbonyl (C=O) groups is 4. The van der Waals surface area contributed by atoms with Gasteiger partial charge in [-0.3, -0.25) is 19.2 Å². The number of benzene rings is 3. The number of hydrogen-bond acceptors (Lipinski definition) is 6. The molecule has 210 valence electrons. The van der Waals surface area contributed by atoms with Gasteiger partial charge in [-0.2, -0.15) is 0 Å². The first-order valence-corrected chi connectivity index (χ1v) is 15.3. The summed E-state index contributed by atoms with van der Waals surface area (Å²) in [7, 11) is -5.06. The number of hydrogen-bond donors (Lipinski definition) is 1. The van der Waals surface area contributed by atoms with Crippen LogP contribution in [-0.4, -0.2) is 38.6 Å². The van der Waals surface area contributed by atoms with Gasteiger partial charge in [-0.1, -0.05) is 81.7 Å². The van der Waals surface area contributed by atoms with Crippen molar-refractivity contribution in [2.75, 3.05) is 0 Å². The van der Waals surface area contributed by atoms with Gasteiger partial charge >= 0.3 is 11.9 Å².